The molecule has 0 radical (unpaired) electrons. The molecule has 0 unspecified atom stereocenters. The molecule has 0 atom stereocenters. The first-order valence-corrected chi connectivity index (χ1v) is 4.94. The molecule has 0 spiro atoms. The minimum atomic E-state index is -0.805. The lowest BCUT2D eigenvalue weighted by atomic mass is 10.3. The molecule has 0 saturated carbocycles. The van der Waals surface area contributed by atoms with Gasteiger partial charge in [-0.3, -0.25) is 9.69 Å². The highest BCUT2D eigenvalue weighted by atomic mass is 16.5. The summed E-state index contributed by atoms with van der Waals surface area (Å²) in [5.41, 5.74) is 0. The fourth-order valence-electron chi connectivity index (χ4n) is 1.09. The summed E-state index contributed by atoms with van der Waals surface area (Å²) in [6, 6.07) is 0. The van der Waals surface area contributed by atoms with Crippen LogP contribution in [0.25, 0.3) is 0 Å². The Morgan fingerprint density at radius 3 is 2.67 bits per heavy atom. The van der Waals surface area contributed by atoms with Crippen molar-refractivity contribution in [3.05, 3.63) is 12.7 Å². The maximum atomic E-state index is 10.4. The molecule has 2 N–H and O–H groups in total. The van der Waals surface area contributed by atoms with E-state index in [1.165, 1.54) is 0 Å². The van der Waals surface area contributed by atoms with Crippen molar-refractivity contribution in [1.82, 2.24) is 4.90 Å². The van der Waals surface area contributed by atoms with Crippen LogP contribution >= 0.6 is 0 Å². The summed E-state index contributed by atoms with van der Waals surface area (Å²) in [4.78, 5) is 12.3. The Kier molecular flexibility index (Phi) is 9.05. The first-order valence-electron chi connectivity index (χ1n) is 4.94. The summed E-state index contributed by atoms with van der Waals surface area (Å²) in [5, 5.41) is 17.0. The zero-order valence-electron chi connectivity index (χ0n) is 8.89. The van der Waals surface area contributed by atoms with Gasteiger partial charge in [0.2, 0.25) is 0 Å². The standard InChI is InChI=1S/C10H19NO4/c1-2-4-11(5-3-10(13)14)6-8-15-9-7-12/h2,12H,1,3-9H2,(H,13,14). The Bertz CT molecular complexity index is 184. The zero-order valence-corrected chi connectivity index (χ0v) is 8.89. The third-order valence-corrected chi connectivity index (χ3v) is 1.82. The second-order valence-corrected chi connectivity index (χ2v) is 3.07. The smallest absolute Gasteiger partial charge is 0.304 e. The highest BCUT2D eigenvalue weighted by Crippen LogP contribution is 1.92. The van der Waals surface area contributed by atoms with Crippen LogP contribution < -0.4 is 0 Å². The molecule has 0 amide bonds. The first-order chi connectivity index (χ1) is 7.20. The molecule has 0 fully saturated rings. The van der Waals surface area contributed by atoms with E-state index in [1.54, 1.807) is 6.08 Å². The largest absolute Gasteiger partial charge is 0.481 e. The van der Waals surface area contributed by atoms with Gasteiger partial charge in [-0.25, -0.2) is 0 Å². The van der Waals surface area contributed by atoms with Gasteiger partial charge in [0.05, 0.1) is 26.2 Å². The fourth-order valence-corrected chi connectivity index (χ4v) is 1.09. The molecule has 5 heteroatoms. The molecule has 0 aliphatic rings. The van der Waals surface area contributed by atoms with E-state index in [4.69, 9.17) is 14.9 Å². The van der Waals surface area contributed by atoms with Crippen LogP contribution in [0.3, 0.4) is 0 Å². The van der Waals surface area contributed by atoms with E-state index >= 15 is 0 Å². The molecule has 0 heterocycles. The van der Waals surface area contributed by atoms with Crippen molar-refractivity contribution in [1.29, 1.82) is 0 Å². The maximum Gasteiger partial charge on any atom is 0.304 e. The Hall–Kier alpha value is -0.910. The lowest BCUT2D eigenvalue weighted by Crippen LogP contribution is -2.30. The first kappa shape index (κ1) is 14.1. The summed E-state index contributed by atoms with van der Waals surface area (Å²) in [7, 11) is 0. The lowest BCUT2D eigenvalue weighted by molar-refractivity contribution is -0.137. The Labute approximate surface area is 90.0 Å². The topological polar surface area (TPSA) is 70.0 Å². The molecule has 0 aliphatic heterocycles. The van der Waals surface area contributed by atoms with Crippen LogP contribution in [0.5, 0.6) is 0 Å². The molecule has 0 bridgehead atoms. The lowest BCUT2D eigenvalue weighted by Gasteiger charge is -2.19. The molecular formula is C10H19NO4. The van der Waals surface area contributed by atoms with Crippen molar-refractivity contribution in [2.24, 2.45) is 0 Å². The summed E-state index contributed by atoms with van der Waals surface area (Å²) in [6.07, 6.45) is 1.85. The molecular weight excluding hydrogens is 198 g/mol. The number of ether oxygens (including phenoxy) is 1. The number of carboxylic acid groups (broad SMARTS) is 1. The predicted molar refractivity (Wildman–Crippen MR) is 56.8 cm³/mol. The zero-order chi connectivity index (χ0) is 11.5. The summed E-state index contributed by atoms with van der Waals surface area (Å²) in [5.74, 6) is -0.805. The summed E-state index contributed by atoms with van der Waals surface area (Å²) >= 11 is 0. The molecule has 0 aliphatic carbocycles. The number of carbonyl (C=O) groups is 1. The molecule has 15 heavy (non-hydrogen) atoms. The number of aliphatic carboxylic acids is 1. The van der Waals surface area contributed by atoms with E-state index in [0.29, 0.717) is 32.8 Å². The summed E-state index contributed by atoms with van der Waals surface area (Å²) in [6.45, 7) is 6.22. The molecule has 5 nitrogen and oxygen atoms in total. The molecule has 0 saturated heterocycles. The van der Waals surface area contributed by atoms with Crippen LogP contribution in [0, 0.1) is 0 Å². The van der Waals surface area contributed by atoms with Gasteiger partial charge in [-0.15, -0.1) is 6.58 Å². The van der Waals surface area contributed by atoms with Crippen molar-refractivity contribution in [2.75, 3.05) is 39.5 Å². The average Bonchev–Trinajstić information content (AvgIpc) is 2.20. The number of nitrogens with zero attached hydrogens (tertiary/aromatic N) is 1. The number of aliphatic hydroxyl groups is 1. The highest BCUT2D eigenvalue weighted by Gasteiger charge is 2.05. The molecule has 0 aromatic carbocycles. The van der Waals surface area contributed by atoms with Gasteiger partial charge in [-0.2, -0.15) is 0 Å². The molecule has 0 aromatic rings. The van der Waals surface area contributed by atoms with Crippen LogP contribution in [-0.4, -0.2) is 60.5 Å². The maximum absolute atomic E-state index is 10.4. The van der Waals surface area contributed by atoms with E-state index in [2.05, 4.69) is 6.58 Å². The van der Waals surface area contributed by atoms with Gasteiger partial charge in [-0.1, -0.05) is 6.08 Å². The average molecular weight is 217 g/mol. The number of carboxylic acids is 1. The number of rotatable bonds is 10. The second kappa shape index (κ2) is 9.64. The van der Waals surface area contributed by atoms with Gasteiger partial charge >= 0.3 is 5.97 Å². The Morgan fingerprint density at radius 1 is 1.40 bits per heavy atom. The van der Waals surface area contributed by atoms with Crippen LogP contribution in [0.2, 0.25) is 0 Å². The third-order valence-electron chi connectivity index (χ3n) is 1.82. The van der Waals surface area contributed by atoms with Crippen molar-refractivity contribution < 1.29 is 19.7 Å². The van der Waals surface area contributed by atoms with Crippen molar-refractivity contribution in [3.63, 3.8) is 0 Å². The normalized spacial score (nSPS) is 10.5. The van der Waals surface area contributed by atoms with Gasteiger partial charge < -0.3 is 14.9 Å². The second-order valence-electron chi connectivity index (χ2n) is 3.07. The summed E-state index contributed by atoms with van der Waals surface area (Å²) < 4.78 is 5.09. The quantitative estimate of drug-likeness (QED) is 0.397. The van der Waals surface area contributed by atoms with Crippen LogP contribution in [0.15, 0.2) is 12.7 Å². The molecule has 0 rings (SSSR count). The minimum absolute atomic E-state index is 0.0105. The van der Waals surface area contributed by atoms with Crippen LogP contribution in [0.1, 0.15) is 6.42 Å². The van der Waals surface area contributed by atoms with Crippen LogP contribution in [0.4, 0.5) is 0 Å². The van der Waals surface area contributed by atoms with Gasteiger partial charge in [0.15, 0.2) is 0 Å². The van der Waals surface area contributed by atoms with E-state index in [0.717, 1.165) is 0 Å². The van der Waals surface area contributed by atoms with Gasteiger partial charge in [0, 0.05) is 19.6 Å². The number of hydrogen-bond acceptors (Lipinski definition) is 4. The van der Waals surface area contributed by atoms with Gasteiger partial charge in [0.1, 0.15) is 0 Å². The molecule has 0 aromatic heterocycles. The Morgan fingerprint density at radius 2 is 2.13 bits per heavy atom. The van der Waals surface area contributed by atoms with E-state index < -0.39 is 5.97 Å². The fraction of sp³-hybridized carbons (Fsp3) is 0.700. The van der Waals surface area contributed by atoms with Crippen molar-refractivity contribution >= 4 is 5.97 Å². The Balaban J connectivity index is 3.62. The molecule has 88 valence electrons. The number of hydrogen-bond donors (Lipinski definition) is 2. The third kappa shape index (κ3) is 9.40. The van der Waals surface area contributed by atoms with Gasteiger partial charge in [0.25, 0.3) is 0 Å². The highest BCUT2D eigenvalue weighted by molar-refractivity contribution is 5.66. The predicted octanol–water partition coefficient (Wildman–Crippen LogP) is -0.0420. The van der Waals surface area contributed by atoms with Crippen LogP contribution in [-0.2, 0) is 9.53 Å². The SMILES string of the molecule is C=CCN(CCOCCO)CCC(=O)O. The van der Waals surface area contributed by atoms with E-state index in [1.807, 2.05) is 4.90 Å². The minimum Gasteiger partial charge on any atom is -0.481 e. The van der Waals surface area contributed by atoms with Gasteiger partial charge in [-0.05, 0) is 0 Å². The van der Waals surface area contributed by atoms with E-state index in [-0.39, 0.29) is 13.0 Å². The van der Waals surface area contributed by atoms with E-state index in [9.17, 15) is 4.79 Å². The monoisotopic (exact) mass is 217 g/mol. The number of aliphatic hydroxyl groups excluding tert-OH is 1. The van der Waals surface area contributed by atoms with Crippen molar-refractivity contribution in [3.8, 4) is 0 Å². The van der Waals surface area contributed by atoms with Crippen molar-refractivity contribution in [2.45, 2.75) is 6.42 Å².